The van der Waals surface area contributed by atoms with Crippen LogP contribution in [0.25, 0.3) is 21.5 Å². The molecule has 1 aromatic heterocycles. The number of nitrogen functional groups attached to an aromatic ring is 1. The van der Waals surface area contributed by atoms with Crippen molar-refractivity contribution < 1.29 is 4.79 Å². The van der Waals surface area contributed by atoms with Crippen molar-refractivity contribution >= 4 is 39.6 Å². The van der Waals surface area contributed by atoms with Gasteiger partial charge in [-0.15, -0.1) is 5.10 Å². The minimum atomic E-state index is -0.372. The zero-order valence-electron chi connectivity index (χ0n) is 13.7. The molecule has 3 aromatic carbocycles. The number of hydrogen-bond donors (Lipinski definition) is 2. The molecule has 0 bridgehead atoms. The van der Waals surface area contributed by atoms with E-state index in [1.807, 2.05) is 36.4 Å². The molecule has 3 N–H and O–H groups in total. The average Bonchev–Trinajstić information content (AvgIpc) is 3.05. The number of anilines is 1. The Bertz CT molecular complexity index is 1080. The van der Waals surface area contributed by atoms with E-state index in [4.69, 9.17) is 5.73 Å². The molecule has 26 heavy (non-hydrogen) atoms. The SMILES string of the molecule is Nc1nnn(CC(=O)N/N=C/c2c3ccccc3cc3ccccc23)n1. The lowest BCUT2D eigenvalue weighted by atomic mass is 9.97. The topological polar surface area (TPSA) is 111 Å². The summed E-state index contributed by atoms with van der Waals surface area (Å²) in [4.78, 5) is 13.0. The third-order valence-electron chi connectivity index (χ3n) is 3.95. The van der Waals surface area contributed by atoms with Gasteiger partial charge in [-0.05, 0) is 32.8 Å². The second-order valence-electron chi connectivity index (χ2n) is 5.70. The normalized spacial score (nSPS) is 11.4. The van der Waals surface area contributed by atoms with Crippen LogP contribution in [0.1, 0.15) is 5.56 Å². The van der Waals surface area contributed by atoms with Crippen LogP contribution in [0.3, 0.4) is 0 Å². The van der Waals surface area contributed by atoms with E-state index in [9.17, 15) is 4.79 Å². The van der Waals surface area contributed by atoms with Crippen molar-refractivity contribution in [2.24, 2.45) is 5.10 Å². The molecule has 0 fully saturated rings. The lowest BCUT2D eigenvalue weighted by Gasteiger charge is -2.07. The summed E-state index contributed by atoms with van der Waals surface area (Å²) in [7, 11) is 0. The summed E-state index contributed by atoms with van der Waals surface area (Å²) in [5.74, 6) is -0.355. The van der Waals surface area contributed by atoms with Crippen molar-refractivity contribution in [2.45, 2.75) is 6.54 Å². The first kappa shape index (κ1) is 15.7. The molecular weight excluding hydrogens is 330 g/mol. The second kappa shape index (κ2) is 6.60. The summed E-state index contributed by atoms with van der Waals surface area (Å²) in [5, 5.41) is 19.4. The highest BCUT2D eigenvalue weighted by Gasteiger charge is 2.07. The fourth-order valence-electron chi connectivity index (χ4n) is 2.84. The van der Waals surface area contributed by atoms with Crippen molar-refractivity contribution in [3.63, 3.8) is 0 Å². The van der Waals surface area contributed by atoms with Crippen molar-refractivity contribution in [1.82, 2.24) is 25.6 Å². The van der Waals surface area contributed by atoms with Gasteiger partial charge in [0.2, 0.25) is 0 Å². The number of hydrogen-bond acceptors (Lipinski definition) is 6. The number of nitrogens with zero attached hydrogens (tertiary/aromatic N) is 5. The number of benzene rings is 3. The largest absolute Gasteiger partial charge is 0.365 e. The maximum Gasteiger partial charge on any atom is 0.263 e. The molecule has 4 rings (SSSR count). The van der Waals surface area contributed by atoms with Crippen molar-refractivity contribution in [3.05, 3.63) is 60.2 Å². The summed E-state index contributed by atoms with van der Waals surface area (Å²) >= 11 is 0. The highest BCUT2D eigenvalue weighted by atomic mass is 16.2. The molecule has 0 aliphatic rings. The third-order valence-corrected chi connectivity index (χ3v) is 3.95. The summed E-state index contributed by atoms with van der Waals surface area (Å²) in [5.41, 5.74) is 8.80. The molecule has 0 radical (unpaired) electrons. The molecule has 1 amide bonds. The van der Waals surface area contributed by atoms with Crippen LogP contribution in [0, 0.1) is 0 Å². The standard InChI is InChI=1S/C18H15N7O/c19-18-22-24-25(23-18)11-17(26)21-20-10-16-14-7-3-1-5-12(14)9-13-6-2-4-8-15(13)16/h1-10H,11H2,(H2,19,23)(H,21,26)/b20-10+. The molecule has 0 saturated carbocycles. The van der Waals surface area contributed by atoms with Gasteiger partial charge in [0.1, 0.15) is 6.54 Å². The molecule has 8 heteroatoms. The number of hydrazone groups is 1. The van der Waals surface area contributed by atoms with Gasteiger partial charge in [-0.1, -0.05) is 53.6 Å². The second-order valence-corrected chi connectivity index (χ2v) is 5.70. The van der Waals surface area contributed by atoms with Crippen LogP contribution in [-0.2, 0) is 11.3 Å². The fraction of sp³-hybridized carbons (Fsp3) is 0.0556. The summed E-state index contributed by atoms with van der Waals surface area (Å²) in [6.45, 7) is -0.113. The van der Waals surface area contributed by atoms with Crippen LogP contribution in [0.4, 0.5) is 5.95 Å². The Morgan fingerprint density at radius 3 is 2.38 bits per heavy atom. The minimum Gasteiger partial charge on any atom is -0.365 e. The maximum absolute atomic E-state index is 11.9. The number of nitrogens with two attached hydrogens (primary N) is 1. The number of nitrogens with one attached hydrogen (secondary N) is 1. The molecule has 0 aliphatic heterocycles. The van der Waals surface area contributed by atoms with E-state index in [1.54, 1.807) is 6.21 Å². The Morgan fingerprint density at radius 1 is 1.12 bits per heavy atom. The summed E-state index contributed by atoms with van der Waals surface area (Å²) in [6, 6.07) is 18.3. The van der Waals surface area contributed by atoms with E-state index in [1.165, 1.54) is 0 Å². The Labute approximate surface area is 148 Å². The quantitative estimate of drug-likeness (QED) is 0.332. The number of fused-ring (bicyclic) bond motifs is 2. The highest BCUT2D eigenvalue weighted by Crippen LogP contribution is 2.27. The van der Waals surface area contributed by atoms with Gasteiger partial charge >= 0.3 is 0 Å². The van der Waals surface area contributed by atoms with E-state index in [2.05, 4.69) is 44.1 Å². The monoisotopic (exact) mass is 345 g/mol. The number of aromatic nitrogens is 4. The van der Waals surface area contributed by atoms with Crippen molar-refractivity contribution in [1.29, 1.82) is 0 Å². The lowest BCUT2D eigenvalue weighted by molar-refractivity contribution is -0.122. The number of carbonyl (C=O) groups is 1. The van der Waals surface area contributed by atoms with Crippen LogP contribution >= 0.6 is 0 Å². The van der Waals surface area contributed by atoms with Crippen LogP contribution < -0.4 is 11.2 Å². The molecule has 0 aliphatic carbocycles. The molecule has 0 atom stereocenters. The van der Waals surface area contributed by atoms with Gasteiger partial charge in [0.15, 0.2) is 0 Å². The molecule has 128 valence electrons. The molecular formula is C18H15N7O. The molecule has 1 heterocycles. The highest BCUT2D eigenvalue weighted by molar-refractivity contribution is 6.13. The molecule has 0 spiro atoms. The minimum absolute atomic E-state index is 0.0172. The lowest BCUT2D eigenvalue weighted by Crippen LogP contribution is -2.24. The fourth-order valence-corrected chi connectivity index (χ4v) is 2.84. The zero-order valence-corrected chi connectivity index (χ0v) is 13.7. The average molecular weight is 345 g/mol. The first-order valence-corrected chi connectivity index (χ1v) is 7.96. The van der Waals surface area contributed by atoms with E-state index >= 15 is 0 Å². The number of carbonyl (C=O) groups excluding carboxylic acids is 1. The van der Waals surface area contributed by atoms with Gasteiger partial charge in [-0.3, -0.25) is 4.79 Å². The smallest absolute Gasteiger partial charge is 0.263 e. The van der Waals surface area contributed by atoms with E-state index in [0.717, 1.165) is 31.9 Å². The van der Waals surface area contributed by atoms with Gasteiger partial charge in [-0.25, -0.2) is 5.43 Å². The molecule has 0 unspecified atom stereocenters. The van der Waals surface area contributed by atoms with Gasteiger partial charge in [0.05, 0.1) is 6.21 Å². The maximum atomic E-state index is 11.9. The van der Waals surface area contributed by atoms with Gasteiger partial charge in [0, 0.05) is 5.56 Å². The third kappa shape index (κ3) is 3.07. The van der Waals surface area contributed by atoms with Crippen LogP contribution in [-0.4, -0.2) is 32.3 Å². The Hall–Kier alpha value is -3.81. The van der Waals surface area contributed by atoms with Crippen molar-refractivity contribution in [3.8, 4) is 0 Å². The van der Waals surface area contributed by atoms with Crippen LogP contribution in [0.5, 0.6) is 0 Å². The van der Waals surface area contributed by atoms with Crippen molar-refractivity contribution in [2.75, 3.05) is 5.73 Å². The first-order chi connectivity index (χ1) is 12.7. The Kier molecular flexibility index (Phi) is 3.98. The van der Waals surface area contributed by atoms with E-state index < -0.39 is 0 Å². The molecule has 4 aromatic rings. The van der Waals surface area contributed by atoms with Gasteiger partial charge in [0.25, 0.3) is 11.9 Å². The number of tetrazole rings is 1. The predicted octanol–water partition coefficient (Wildman–Crippen LogP) is 1.71. The van der Waals surface area contributed by atoms with Gasteiger partial charge in [-0.2, -0.15) is 9.90 Å². The molecule has 0 saturated heterocycles. The summed E-state index contributed by atoms with van der Waals surface area (Å²) < 4.78 is 0. The van der Waals surface area contributed by atoms with Crippen LogP contribution in [0.2, 0.25) is 0 Å². The number of rotatable bonds is 4. The summed E-state index contributed by atoms with van der Waals surface area (Å²) in [6.07, 6.45) is 1.66. The van der Waals surface area contributed by atoms with E-state index in [0.29, 0.717) is 0 Å². The van der Waals surface area contributed by atoms with E-state index in [-0.39, 0.29) is 18.4 Å². The Morgan fingerprint density at radius 2 is 1.77 bits per heavy atom. The zero-order chi connectivity index (χ0) is 17.9. The Balaban J connectivity index is 1.62. The first-order valence-electron chi connectivity index (χ1n) is 7.96. The van der Waals surface area contributed by atoms with Gasteiger partial charge < -0.3 is 5.73 Å². The molecule has 8 nitrogen and oxygen atoms in total. The number of amides is 1. The predicted molar refractivity (Wildman–Crippen MR) is 99.4 cm³/mol. The van der Waals surface area contributed by atoms with Crippen LogP contribution in [0.15, 0.2) is 59.7 Å².